The molecule has 0 bridgehead atoms. The van der Waals surface area contributed by atoms with E-state index in [4.69, 9.17) is 5.73 Å². The van der Waals surface area contributed by atoms with Gasteiger partial charge in [0, 0.05) is 24.9 Å². The maximum atomic E-state index is 6.05. The van der Waals surface area contributed by atoms with Crippen LogP contribution in [0.1, 0.15) is 23.0 Å². The fraction of sp³-hybridized carbons (Fsp3) is 0.400. The van der Waals surface area contributed by atoms with Crippen LogP contribution in [0.25, 0.3) is 0 Å². The van der Waals surface area contributed by atoms with Crippen molar-refractivity contribution in [2.24, 2.45) is 12.8 Å². The highest BCUT2D eigenvalue weighted by Gasteiger charge is 2.11. The van der Waals surface area contributed by atoms with E-state index in [0.29, 0.717) is 12.2 Å². The molecule has 0 saturated heterocycles. The topological polar surface area (TPSA) is 82.5 Å². The van der Waals surface area contributed by atoms with Crippen LogP contribution in [0.15, 0.2) is 18.5 Å². The maximum absolute atomic E-state index is 6.05. The Morgan fingerprint density at radius 1 is 1.44 bits per heavy atom. The van der Waals surface area contributed by atoms with E-state index in [1.54, 1.807) is 19.4 Å². The molecular formula is C10H14N6. The standard InChI is InChI=1S/C10H14N6/c1-7-3-8(6-12-5-7)9(11)4-10-13-15-16(2)14-10/h3,5-6,9H,4,11H2,1-2H3. The predicted molar refractivity (Wildman–Crippen MR) is 58.4 cm³/mol. The van der Waals surface area contributed by atoms with Crippen molar-refractivity contribution >= 4 is 0 Å². The van der Waals surface area contributed by atoms with Crippen LogP contribution < -0.4 is 5.73 Å². The number of aromatic nitrogens is 5. The average Bonchev–Trinajstić information content (AvgIpc) is 2.64. The van der Waals surface area contributed by atoms with Gasteiger partial charge >= 0.3 is 0 Å². The molecule has 0 saturated carbocycles. The van der Waals surface area contributed by atoms with Gasteiger partial charge in [-0.3, -0.25) is 4.98 Å². The van der Waals surface area contributed by atoms with Gasteiger partial charge in [0.25, 0.3) is 0 Å². The number of hydrogen-bond donors (Lipinski definition) is 1. The van der Waals surface area contributed by atoms with Crippen LogP contribution in [0.2, 0.25) is 0 Å². The molecular weight excluding hydrogens is 204 g/mol. The lowest BCUT2D eigenvalue weighted by Crippen LogP contribution is -2.14. The van der Waals surface area contributed by atoms with Gasteiger partial charge in [-0.25, -0.2) is 0 Å². The molecule has 0 aliphatic carbocycles. The van der Waals surface area contributed by atoms with E-state index in [9.17, 15) is 0 Å². The van der Waals surface area contributed by atoms with Crippen LogP contribution >= 0.6 is 0 Å². The number of nitrogens with two attached hydrogens (primary N) is 1. The Kier molecular flexibility index (Phi) is 2.91. The zero-order valence-electron chi connectivity index (χ0n) is 9.33. The van der Waals surface area contributed by atoms with Crippen LogP contribution in [-0.2, 0) is 13.5 Å². The first kappa shape index (κ1) is 10.7. The zero-order valence-corrected chi connectivity index (χ0v) is 9.33. The fourth-order valence-electron chi connectivity index (χ4n) is 1.50. The Bertz CT molecular complexity index is 478. The second-order valence-corrected chi connectivity index (χ2v) is 3.80. The molecule has 0 radical (unpaired) electrons. The van der Waals surface area contributed by atoms with Crippen molar-refractivity contribution in [1.29, 1.82) is 0 Å². The minimum absolute atomic E-state index is 0.142. The van der Waals surface area contributed by atoms with Crippen molar-refractivity contribution in [2.75, 3.05) is 0 Å². The number of hydrogen-bond acceptors (Lipinski definition) is 5. The summed E-state index contributed by atoms with van der Waals surface area (Å²) in [6, 6.07) is 1.88. The molecule has 2 aromatic heterocycles. The molecule has 2 N–H and O–H groups in total. The van der Waals surface area contributed by atoms with Crippen molar-refractivity contribution in [2.45, 2.75) is 19.4 Å². The van der Waals surface area contributed by atoms with E-state index in [1.807, 2.05) is 13.0 Å². The lowest BCUT2D eigenvalue weighted by atomic mass is 10.1. The molecule has 2 rings (SSSR count). The normalized spacial score (nSPS) is 12.7. The second kappa shape index (κ2) is 4.36. The summed E-state index contributed by atoms with van der Waals surface area (Å²) in [5.74, 6) is 0.650. The smallest absolute Gasteiger partial charge is 0.176 e. The van der Waals surface area contributed by atoms with Crippen LogP contribution in [0.3, 0.4) is 0 Å². The highest BCUT2D eigenvalue weighted by Crippen LogP contribution is 2.13. The molecule has 0 aliphatic rings. The molecule has 0 amide bonds. The highest BCUT2D eigenvalue weighted by atomic mass is 15.6. The summed E-state index contributed by atoms with van der Waals surface area (Å²) in [4.78, 5) is 5.54. The van der Waals surface area contributed by atoms with E-state index in [1.165, 1.54) is 4.80 Å². The summed E-state index contributed by atoms with van der Waals surface area (Å²) < 4.78 is 0. The Labute approximate surface area is 93.5 Å². The third kappa shape index (κ3) is 2.40. The molecule has 0 aliphatic heterocycles. The van der Waals surface area contributed by atoms with E-state index < -0.39 is 0 Å². The van der Waals surface area contributed by atoms with E-state index >= 15 is 0 Å². The van der Waals surface area contributed by atoms with Gasteiger partial charge in [-0.1, -0.05) is 6.07 Å². The van der Waals surface area contributed by atoms with Crippen LogP contribution in [0, 0.1) is 6.92 Å². The number of pyridine rings is 1. The Balaban J connectivity index is 2.11. The molecule has 0 aromatic carbocycles. The molecule has 6 nitrogen and oxygen atoms in total. The van der Waals surface area contributed by atoms with Gasteiger partial charge in [-0.05, 0) is 23.3 Å². The fourth-order valence-corrected chi connectivity index (χ4v) is 1.50. The first-order valence-corrected chi connectivity index (χ1v) is 5.05. The van der Waals surface area contributed by atoms with Gasteiger partial charge in [0.15, 0.2) is 5.82 Å². The Morgan fingerprint density at radius 2 is 2.25 bits per heavy atom. The van der Waals surface area contributed by atoms with Gasteiger partial charge in [-0.2, -0.15) is 4.80 Å². The maximum Gasteiger partial charge on any atom is 0.176 e. The van der Waals surface area contributed by atoms with Gasteiger partial charge in [-0.15, -0.1) is 10.2 Å². The largest absolute Gasteiger partial charge is 0.324 e. The third-order valence-electron chi connectivity index (χ3n) is 2.28. The minimum Gasteiger partial charge on any atom is -0.324 e. The second-order valence-electron chi connectivity index (χ2n) is 3.80. The SMILES string of the molecule is Cc1cncc(C(N)Cc2nnn(C)n2)c1. The molecule has 0 fully saturated rings. The lowest BCUT2D eigenvalue weighted by molar-refractivity contribution is 0.622. The predicted octanol–water partition coefficient (Wildman–Crippen LogP) is 0.156. The number of nitrogens with zero attached hydrogens (tertiary/aromatic N) is 5. The van der Waals surface area contributed by atoms with Crippen LogP contribution in [-0.4, -0.2) is 25.2 Å². The first-order valence-electron chi connectivity index (χ1n) is 5.05. The molecule has 1 atom stereocenters. The molecule has 2 aromatic rings. The molecule has 6 heteroatoms. The summed E-state index contributed by atoms with van der Waals surface area (Å²) in [6.07, 6.45) is 4.14. The summed E-state index contributed by atoms with van der Waals surface area (Å²) in [6.45, 7) is 1.99. The third-order valence-corrected chi connectivity index (χ3v) is 2.28. The number of tetrazole rings is 1. The molecule has 0 spiro atoms. The van der Waals surface area contributed by atoms with Gasteiger partial charge in [0.1, 0.15) is 0 Å². The summed E-state index contributed by atoms with van der Waals surface area (Å²) in [5.41, 5.74) is 8.14. The Morgan fingerprint density at radius 3 is 2.88 bits per heavy atom. The van der Waals surface area contributed by atoms with E-state index in [2.05, 4.69) is 20.4 Å². The number of rotatable bonds is 3. The van der Waals surface area contributed by atoms with Crippen molar-refractivity contribution < 1.29 is 0 Å². The molecule has 1 unspecified atom stereocenters. The van der Waals surface area contributed by atoms with Crippen molar-refractivity contribution in [3.05, 3.63) is 35.4 Å². The quantitative estimate of drug-likeness (QED) is 0.793. The lowest BCUT2D eigenvalue weighted by Gasteiger charge is -2.09. The Hall–Kier alpha value is -1.82. The number of aryl methyl sites for hydroxylation is 2. The van der Waals surface area contributed by atoms with E-state index in [0.717, 1.165) is 11.1 Å². The van der Waals surface area contributed by atoms with Gasteiger partial charge in [0.2, 0.25) is 0 Å². The summed E-state index contributed by atoms with van der Waals surface area (Å²) in [7, 11) is 1.73. The molecule has 84 valence electrons. The zero-order chi connectivity index (χ0) is 11.5. The van der Waals surface area contributed by atoms with Gasteiger partial charge in [0.05, 0.1) is 7.05 Å². The first-order chi connectivity index (χ1) is 7.65. The monoisotopic (exact) mass is 218 g/mol. The molecule has 2 heterocycles. The summed E-state index contributed by atoms with van der Waals surface area (Å²) >= 11 is 0. The van der Waals surface area contributed by atoms with E-state index in [-0.39, 0.29) is 6.04 Å². The summed E-state index contributed by atoms with van der Waals surface area (Å²) in [5, 5.41) is 11.8. The minimum atomic E-state index is -0.142. The van der Waals surface area contributed by atoms with Crippen molar-refractivity contribution in [3.8, 4) is 0 Å². The molecule has 16 heavy (non-hydrogen) atoms. The average molecular weight is 218 g/mol. The van der Waals surface area contributed by atoms with Crippen molar-refractivity contribution in [1.82, 2.24) is 25.2 Å². The van der Waals surface area contributed by atoms with Gasteiger partial charge < -0.3 is 5.73 Å². The van der Waals surface area contributed by atoms with Crippen LogP contribution in [0.5, 0.6) is 0 Å². The highest BCUT2D eigenvalue weighted by molar-refractivity contribution is 5.20. The van der Waals surface area contributed by atoms with Crippen LogP contribution in [0.4, 0.5) is 0 Å². The van der Waals surface area contributed by atoms with Crippen molar-refractivity contribution in [3.63, 3.8) is 0 Å².